The first-order chi connectivity index (χ1) is 8.95. The minimum Gasteiger partial charge on any atom is -0.461 e. The van der Waals surface area contributed by atoms with Crippen LogP contribution >= 0.6 is 11.6 Å². The number of nitrogens with zero attached hydrogens (tertiary/aromatic N) is 1. The number of fused-ring (bicyclic) bond motifs is 1. The van der Waals surface area contributed by atoms with Crippen molar-refractivity contribution in [2.24, 2.45) is 0 Å². The van der Waals surface area contributed by atoms with Crippen molar-refractivity contribution in [1.82, 2.24) is 4.98 Å². The van der Waals surface area contributed by atoms with Gasteiger partial charge in [0.1, 0.15) is 11.2 Å². The minimum atomic E-state index is -0.543. The second-order valence-corrected chi connectivity index (χ2v) is 4.39. The first-order valence-electron chi connectivity index (χ1n) is 5.59. The lowest BCUT2D eigenvalue weighted by Crippen LogP contribution is -2.06. The van der Waals surface area contributed by atoms with Crippen molar-refractivity contribution in [3.05, 3.63) is 38.5 Å². The van der Waals surface area contributed by atoms with E-state index in [0.29, 0.717) is 10.9 Å². The van der Waals surface area contributed by atoms with Crippen molar-refractivity contribution < 1.29 is 14.5 Å². The van der Waals surface area contributed by atoms with Crippen LogP contribution in [0.25, 0.3) is 10.9 Å². The van der Waals surface area contributed by atoms with Crippen LogP contribution in [-0.2, 0) is 4.74 Å². The molecule has 0 saturated carbocycles. The molecule has 1 aromatic carbocycles. The molecule has 7 heteroatoms. The molecule has 2 aromatic rings. The summed E-state index contributed by atoms with van der Waals surface area (Å²) in [5.41, 5.74) is 0.900. The Morgan fingerprint density at radius 3 is 2.79 bits per heavy atom. The zero-order valence-electron chi connectivity index (χ0n) is 10.3. The van der Waals surface area contributed by atoms with Crippen molar-refractivity contribution in [2.75, 3.05) is 6.61 Å². The second-order valence-electron chi connectivity index (χ2n) is 3.95. The Morgan fingerprint density at radius 1 is 1.53 bits per heavy atom. The second kappa shape index (κ2) is 4.89. The predicted octanol–water partition coefficient (Wildman–Crippen LogP) is 3.21. The summed E-state index contributed by atoms with van der Waals surface area (Å²) in [6, 6.07) is 2.83. The van der Waals surface area contributed by atoms with Gasteiger partial charge in [-0.15, -0.1) is 0 Å². The van der Waals surface area contributed by atoms with Gasteiger partial charge in [-0.2, -0.15) is 0 Å². The Labute approximate surface area is 113 Å². The van der Waals surface area contributed by atoms with Crippen LogP contribution in [0.5, 0.6) is 0 Å². The maximum Gasteiger partial charge on any atom is 0.355 e. The quantitative estimate of drug-likeness (QED) is 0.532. The minimum absolute atomic E-state index is 0.166. The van der Waals surface area contributed by atoms with Crippen LogP contribution in [-0.4, -0.2) is 22.5 Å². The average molecular weight is 283 g/mol. The lowest BCUT2D eigenvalue weighted by Gasteiger charge is -1.99. The van der Waals surface area contributed by atoms with E-state index in [0.717, 1.165) is 0 Å². The number of hydrogen-bond donors (Lipinski definition) is 1. The Morgan fingerprint density at radius 2 is 2.21 bits per heavy atom. The number of carbonyl (C=O) groups excluding carboxylic acids is 1. The lowest BCUT2D eigenvalue weighted by atomic mass is 10.1. The van der Waals surface area contributed by atoms with E-state index < -0.39 is 10.9 Å². The first-order valence-corrected chi connectivity index (χ1v) is 5.96. The molecule has 0 spiro atoms. The molecule has 2 rings (SSSR count). The van der Waals surface area contributed by atoms with Gasteiger partial charge in [-0.05, 0) is 25.5 Å². The number of nitrogens with one attached hydrogen (secondary N) is 1. The summed E-state index contributed by atoms with van der Waals surface area (Å²) in [6.45, 7) is 3.61. The molecular weight excluding hydrogens is 272 g/mol. The van der Waals surface area contributed by atoms with E-state index in [2.05, 4.69) is 4.98 Å². The van der Waals surface area contributed by atoms with Crippen molar-refractivity contribution >= 4 is 34.2 Å². The Balaban J connectivity index is 2.72. The number of aromatic amines is 1. The third-order valence-electron chi connectivity index (χ3n) is 2.79. The molecule has 0 aliphatic carbocycles. The Kier molecular flexibility index (Phi) is 3.44. The number of rotatable bonds is 3. The highest BCUT2D eigenvalue weighted by Gasteiger charge is 2.22. The molecule has 0 aliphatic heterocycles. The molecule has 0 fully saturated rings. The largest absolute Gasteiger partial charge is 0.461 e. The fraction of sp³-hybridized carbons (Fsp3) is 0.250. The molecule has 1 heterocycles. The smallest absolute Gasteiger partial charge is 0.355 e. The Bertz CT molecular complexity index is 678. The molecule has 100 valence electrons. The van der Waals surface area contributed by atoms with E-state index in [-0.39, 0.29) is 28.5 Å². The Hall–Kier alpha value is -2.08. The summed E-state index contributed by atoms with van der Waals surface area (Å²) in [5.74, 6) is -0.540. The van der Waals surface area contributed by atoms with Gasteiger partial charge in [-0.25, -0.2) is 4.79 Å². The number of nitro benzene ring substituents is 1. The van der Waals surface area contributed by atoms with Crippen molar-refractivity contribution in [3.63, 3.8) is 0 Å². The van der Waals surface area contributed by atoms with Gasteiger partial charge < -0.3 is 9.72 Å². The lowest BCUT2D eigenvalue weighted by molar-refractivity contribution is -0.383. The standard InChI is InChI=1S/C12H11ClN2O4/c1-3-19-12(16)10-6(2)8-4-7(13)5-9(15(17)18)11(8)14-10/h4-5,14H,3H2,1-2H3. The molecule has 1 aromatic heterocycles. The van der Waals surface area contributed by atoms with Crippen LogP contribution in [0, 0.1) is 17.0 Å². The van der Waals surface area contributed by atoms with E-state index in [4.69, 9.17) is 16.3 Å². The molecule has 0 atom stereocenters. The molecule has 0 bridgehead atoms. The van der Waals surface area contributed by atoms with Gasteiger partial charge in [-0.3, -0.25) is 10.1 Å². The number of carbonyl (C=O) groups is 1. The van der Waals surface area contributed by atoms with E-state index in [1.807, 2.05) is 0 Å². The summed E-state index contributed by atoms with van der Waals surface area (Å²) in [5, 5.41) is 11.8. The van der Waals surface area contributed by atoms with Gasteiger partial charge in [0.2, 0.25) is 0 Å². The first kappa shape index (κ1) is 13.4. The number of non-ortho nitro benzene ring substituents is 1. The SMILES string of the molecule is CCOC(=O)c1[nH]c2c([N+](=O)[O-])cc(Cl)cc2c1C. The third kappa shape index (κ3) is 2.26. The summed E-state index contributed by atoms with van der Waals surface area (Å²) in [7, 11) is 0. The molecule has 0 radical (unpaired) electrons. The number of nitro groups is 1. The highest BCUT2D eigenvalue weighted by Crippen LogP contribution is 2.32. The van der Waals surface area contributed by atoms with Crippen LogP contribution in [0.2, 0.25) is 5.02 Å². The molecule has 0 aliphatic rings. The van der Waals surface area contributed by atoms with E-state index in [9.17, 15) is 14.9 Å². The van der Waals surface area contributed by atoms with Crippen LogP contribution in [0.3, 0.4) is 0 Å². The van der Waals surface area contributed by atoms with Gasteiger partial charge in [0.25, 0.3) is 5.69 Å². The number of halogens is 1. The number of ether oxygens (including phenoxy) is 1. The summed E-state index contributed by atoms with van der Waals surface area (Å²) < 4.78 is 4.90. The van der Waals surface area contributed by atoms with Crippen LogP contribution < -0.4 is 0 Å². The maximum absolute atomic E-state index is 11.7. The van der Waals surface area contributed by atoms with Crippen LogP contribution in [0.4, 0.5) is 5.69 Å². The van der Waals surface area contributed by atoms with Gasteiger partial charge in [0, 0.05) is 16.5 Å². The van der Waals surface area contributed by atoms with E-state index in [1.165, 1.54) is 6.07 Å². The topological polar surface area (TPSA) is 85.2 Å². The molecule has 0 unspecified atom stereocenters. The van der Waals surface area contributed by atoms with Crippen molar-refractivity contribution in [3.8, 4) is 0 Å². The van der Waals surface area contributed by atoms with Gasteiger partial charge in [0.05, 0.1) is 11.5 Å². The molecule has 6 nitrogen and oxygen atoms in total. The maximum atomic E-state index is 11.7. The monoisotopic (exact) mass is 282 g/mol. The van der Waals surface area contributed by atoms with Crippen LogP contribution in [0.15, 0.2) is 12.1 Å². The fourth-order valence-corrected chi connectivity index (χ4v) is 2.14. The zero-order chi connectivity index (χ0) is 14.2. The van der Waals surface area contributed by atoms with Crippen molar-refractivity contribution in [2.45, 2.75) is 13.8 Å². The molecule has 0 amide bonds. The normalized spacial score (nSPS) is 10.7. The number of aryl methyl sites for hydroxylation is 1. The van der Waals surface area contributed by atoms with Gasteiger partial charge in [-0.1, -0.05) is 11.6 Å². The zero-order valence-corrected chi connectivity index (χ0v) is 11.1. The summed E-state index contributed by atoms with van der Waals surface area (Å²) in [4.78, 5) is 24.9. The number of hydrogen-bond acceptors (Lipinski definition) is 4. The highest BCUT2D eigenvalue weighted by atomic mass is 35.5. The average Bonchev–Trinajstić information content (AvgIpc) is 2.66. The molecule has 1 N–H and O–H groups in total. The van der Waals surface area contributed by atoms with Gasteiger partial charge in [0.15, 0.2) is 0 Å². The number of esters is 1. The fourth-order valence-electron chi connectivity index (χ4n) is 1.92. The number of H-pyrrole nitrogens is 1. The summed E-state index contributed by atoms with van der Waals surface area (Å²) >= 11 is 5.86. The van der Waals surface area contributed by atoms with E-state index >= 15 is 0 Å². The predicted molar refractivity (Wildman–Crippen MR) is 70.7 cm³/mol. The summed E-state index contributed by atoms with van der Waals surface area (Å²) in [6.07, 6.45) is 0. The third-order valence-corrected chi connectivity index (χ3v) is 3.01. The molecule has 0 saturated heterocycles. The van der Waals surface area contributed by atoms with Crippen LogP contribution in [0.1, 0.15) is 23.0 Å². The molecular formula is C12H11ClN2O4. The molecule has 19 heavy (non-hydrogen) atoms. The highest BCUT2D eigenvalue weighted by molar-refractivity contribution is 6.31. The van der Waals surface area contributed by atoms with Crippen molar-refractivity contribution in [1.29, 1.82) is 0 Å². The van der Waals surface area contributed by atoms with Gasteiger partial charge >= 0.3 is 5.97 Å². The number of benzene rings is 1. The number of aromatic nitrogens is 1. The van der Waals surface area contributed by atoms with E-state index in [1.54, 1.807) is 19.9 Å².